The molecule has 7 heteroatoms. The number of rotatable bonds is 10. The molecule has 0 atom stereocenters. The molecule has 1 saturated heterocycles. The molecule has 1 heterocycles. The Kier molecular flexibility index (Phi) is 11.3. The van der Waals surface area contributed by atoms with E-state index in [-0.39, 0.29) is 23.9 Å². The Morgan fingerprint density at radius 2 is 1.10 bits per heavy atom. The van der Waals surface area contributed by atoms with Gasteiger partial charge in [-0.1, -0.05) is 27.7 Å². The fourth-order valence-corrected chi connectivity index (χ4v) is 3.96. The van der Waals surface area contributed by atoms with Gasteiger partial charge in [0.2, 0.25) is 11.8 Å². The Balaban J connectivity index is 2.69. The lowest BCUT2D eigenvalue weighted by molar-refractivity contribution is -0.135. The van der Waals surface area contributed by atoms with E-state index in [0.29, 0.717) is 51.1 Å². The monoisotopic (exact) mass is 426 g/mol. The third-order valence-corrected chi connectivity index (χ3v) is 5.40. The molecule has 0 unspecified atom stereocenters. The maximum Gasteiger partial charge on any atom is 0.236 e. The zero-order chi connectivity index (χ0) is 23.0. The number of carbonyl (C=O) groups is 2. The second-order valence-electron chi connectivity index (χ2n) is 10.2. The van der Waals surface area contributed by atoms with Crippen LogP contribution in [0.5, 0.6) is 0 Å². The van der Waals surface area contributed by atoms with Crippen LogP contribution in [0.3, 0.4) is 0 Å². The van der Waals surface area contributed by atoms with Crippen molar-refractivity contribution < 1.29 is 14.7 Å². The van der Waals surface area contributed by atoms with Crippen molar-refractivity contribution in [3.8, 4) is 0 Å². The summed E-state index contributed by atoms with van der Waals surface area (Å²) in [4.78, 5) is 33.6. The Morgan fingerprint density at radius 3 is 1.37 bits per heavy atom. The topological polar surface area (TPSA) is 67.3 Å². The summed E-state index contributed by atoms with van der Waals surface area (Å²) < 4.78 is 0. The minimum Gasteiger partial charge on any atom is -0.390 e. The number of aliphatic hydroxyl groups is 1. The molecule has 0 spiro atoms. The summed E-state index contributed by atoms with van der Waals surface area (Å²) in [6, 6.07) is 0.322. The van der Waals surface area contributed by atoms with Crippen molar-refractivity contribution in [2.24, 2.45) is 11.8 Å². The summed E-state index contributed by atoms with van der Waals surface area (Å²) in [5.41, 5.74) is 0. The van der Waals surface area contributed by atoms with Gasteiger partial charge in [-0.15, -0.1) is 0 Å². The van der Waals surface area contributed by atoms with E-state index in [1.165, 1.54) is 0 Å². The van der Waals surface area contributed by atoms with E-state index in [1.807, 2.05) is 47.3 Å². The van der Waals surface area contributed by atoms with Crippen molar-refractivity contribution in [2.75, 3.05) is 52.4 Å². The number of hydrogen-bond donors (Lipinski definition) is 1. The number of nitrogens with zero attached hydrogens (tertiary/aromatic N) is 4. The molecule has 1 rings (SSSR count). The van der Waals surface area contributed by atoms with Crippen molar-refractivity contribution in [1.82, 2.24) is 19.6 Å². The third kappa shape index (κ3) is 9.31. The Bertz CT molecular complexity index is 491. The molecule has 0 aromatic heterocycles. The highest BCUT2D eigenvalue weighted by Gasteiger charge is 2.28. The van der Waals surface area contributed by atoms with Crippen molar-refractivity contribution in [3.05, 3.63) is 0 Å². The summed E-state index contributed by atoms with van der Waals surface area (Å²) in [5.74, 6) is 1.06. The van der Waals surface area contributed by atoms with Crippen molar-refractivity contribution in [3.63, 3.8) is 0 Å². The molecule has 176 valence electrons. The van der Waals surface area contributed by atoms with Crippen molar-refractivity contribution in [1.29, 1.82) is 0 Å². The number of hydrogen-bond acceptors (Lipinski definition) is 5. The molecule has 1 aliphatic rings. The summed E-state index contributed by atoms with van der Waals surface area (Å²) in [5, 5.41) is 10.5. The van der Waals surface area contributed by atoms with Crippen LogP contribution in [0, 0.1) is 11.8 Å². The standard InChI is InChI=1S/C23H46N4O3/c1-17(2)11-26(19(5)6)22(29)15-24-9-10-25(14-21(28)13-24)16-23(30)27(20(7)8)12-18(3)4/h17-21,28H,9-16H2,1-8H3. The number of aliphatic hydroxyl groups excluding tert-OH is 1. The fourth-order valence-electron chi connectivity index (χ4n) is 3.96. The summed E-state index contributed by atoms with van der Waals surface area (Å²) in [6.45, 7) is 21.0. The second kappa shape index (κ2) is 12.6. The van der Waals surface area contributed by atoms with Crippen LogP contribution in [0.15, 0.2) is 0 Å². The van der Waals surface area contributed by atoms with E-state index >= 15 is 0 Å². The second-order valence-corrected chi connectivity index (χ2v) is 10.2. The Morgan fingerprint density at radius 1 is 0.767 bits per heavy atom. The Labute approximate surface area is 184 Å². The van der Waals surface area contributed by atoms with E-state index < -0.39 is 6.10 Å². The quantitative estimate of drug-likeness (QED) is 0.576. The first-order valence-corrected chi connectivity index (χ1v) is 11.6. The van der Waals surface area contributed by atoms with Crippen LogP contribution >= 0.6 is 0 Å². The molecular weight excluding hydrogens is 380 g/mol. The zero-order valence-corrected chi connectivity index (χ0v) is 20.6. The third-order valence-electron chi connectivity index (χ3n) is 5.40. The highest BCUT2D eigenvalue weighted by Crippen LogP contribution is 2.11. The minimum atomic E-state index is -0.566. The van der Waals surface area contributed by atoms with Crippen LogP contribution in [0.2, 0.25) is 0 Å². The maximum atomic E-state index is 12.9. The summed E-state index contributed by atoms with van der Waals surface area (Å²) in [6.07, 6.45) is -0.566. The van der Waals surface area contributed by atoms with Gasteiger partial charge in [-0.2, -0.15) is 0 Å². The van der Waals surface area contributed by atoms with E-state index in [0.717, 1.165) is 13.1 Å². The average Bonchev–Trinajstić information content (AvgIpc) is 2.77. The van der Waals surface area contributed by atoms with Crippen molar-refractivity contribution >= 4 is 11.8 Å². The highest BCUT2D eigenvalue weighted by atomic mass is 16.3. The molecule has 0 radical (unpaired) electrons. The summed E-state index contributed by atoms with van der Waals surface area (Å²) >= 11 is 0. The molecule has 7 nitrogen and oxygen atoms in total. The predicted molar refractivity (Wildman–Crippen MR) is 122 cm³/mol. The molecular formula is C23H46N4O3. The lowest BCUT2D eigenvalue weighted by atomic mass is 10.1. The first kappa shape index (κ1) is 26.9. The van der Waals surface area contributed by atoms with E-state index in [2.05, 4.69) is 27.7 Å². The fraction of sp³-hybridized carbons (Fsp3) is 0.913. The number of amides is 2. The molecule has 0 saturated carbocycles. The molecule has 0 aromatic rings. The lowest BCUT2D eigenvalue weighted by Gasteiger charge is -2.31. The Hall–Kier alpha value is -1.18. The smallest absolute Gasteiger partial charge is 0.236 e. The van der Waals surface area contributed by atoms with Gasteiger partial charge >= 0.3 is 0 Å². The molecule has 0 bridgehead atoms. The summed E-state index contributed by atoms with van der Waals surface area (Å²) in [7, 11) is 0. The number of β-amino-alcohol motifs (C(OH)–C–C–N with tert-alkyl or cyclic N) is 1. The van der Waals surface area contributed by atoms with Crippen molar-refractivity contribution in [2.45, 2.75) is 73.6 Å². The van der Waals surface area contributed by atoms with Gasteiger partial charge in [-0.25, -0.2) is 0 Å². The average molecular weight is 427 g/mol. The van der Waals surface area contributed by atoms with Crippen LogP contribution in [0.4, 0.5) is 0 Å². The molecule has 1 fully saturated rings. The van der Waals surface area contributed by atoms with Crippen LogP contribution < -0.4 is 0 Å². The lowest BCUT2D eigenvalue weighted by Crippen LogP contribution is -2.47. The molecule has 30 heavy (non-hydrogen) atoms. The first-order valence-electron chi connectivity index (χ1n) is 11.6. The van der Waals surface area contributed by atoms with Gasteiger partial charge in [-0.3, -0.25) is 19.4 Å². The van der Waals surface area contributed by atoms with Crippen LogP contribution in [-0.2, 0) is 9.59 Å². The van der Waals surface area contributed by atoms with Gasteiger partial charge in [0, 0.05) is 51.4 Å². The van der Waals surface area contributed by atoms with Gasteiger partial charge in [0.05, 0.1) is 19.2 Å². The molecule has 0 aromatic carbocycles. The van der Waals surface area contributed by atoms with Gasteiger partial charge < -0.3 is 14.9 Å². The first-order chi connectivity index (χ1) is 13.9. The van der Waals surface area contributed by atoms with E-state index in [1.54, 1.807) is 0 Å². The minimum absolute atomic E-state index is 0.110. The van der Waals surface area contributed by atoms with Crippen LogP contribution in [0.25, 0.3) is 0 Å². The van der Waals surface area contributed by atoms with Crippen LogP contribution in [0.1, 0.15) is 55.4 Å². The molecule has 0 aliphatic carbocycles. The zero-order valence-electron chi connectivity index (χ0n) is 20.6. The predicted octanol–water partition coefficient (Wildman–Crippen LogP) is 1.75. The van der Waals surface area contributed by atoms with Gasteiger partial charge in [0.1, 0.15) is 0 Å². The van der Waals surface area contributed by atoms with Gasteiger partial charge in [0.15, 0.2) is 0 Å². The normalized spacial score (nSPS) is 17.2. The molecule has 2 amide bonds. The van der Waals surface area contributed by atoms with E-state index in [9.17, 15) is 14.7 Å². The van der Waals surface area contributed by atoms with Crippen LogP contribution in [-0.4, -0.2) is 107 Å². The van der Waals surface area contributed by atoms with Gasteiger partial charge in [0.25, 0.3) is 0 Å². The highest BCUT2D eigenvalue weighted by molar-refractivity contribution is 5.79. The number of carbonyl (C=O) groups excluding carboxylic acids is 2. The maximum absolute atomic E-state index is 12.9. The molecule has 1 aliphatic heterocycles. The largest absolute Gasteiger partial charge is 0.390 e. The SMILES string of the molecule is CC(C)CN(C(=O)CN1CCN(CC(=O)N(CC(C)C)C(C)C)CC(O)C1)C(C)C. The van der Waals surface area contributed by atoms with E-state index in [4.69, 9.17) is 0 Å². The molecule has 1 N–H and O–H groups in total. The van der Waals surface area contributed by atoms with Gasteiger partial charge in [-0.05, 0) is 39.5 Å².